The van der Waals surface area contributed by atoms with Crippen LogP contribution in [0.5, 0.6) is 0 Å². The Balaban J connectivity index is 1.63. The van der Waals surface area contributed by atoms with Crippen LogP contribution in [-0.4, -0.2) is 29.3 Å². The Morgan fingerprint density at radius 1 is 1.22 bits per heavy atom. The van der Waals surface area contributed by atoms with E-state index in [4.69, 9.17) is 0 Å². The molecule has 4 nitrogen and oxygen atoms in total. The van der Waals surface area contributed by atoms with Crippen molar-refractivity contribution in [1.29, 1.82) is 0 Å². The summed E-state index contributed by atoms with van der Waals surface area (Å²) in [6, 6.07) is 8.24. The minimum absolute atomic E-state index is 0.0161. The van der Waals surface area contributed by atoms with Gasteiger partial charge in [0.25, 0.3) is 0 Å². The highest BCUT2D eigenvalue weighted by atomic mass is 16.2. The summed E-state index contributed by atoms with van der Waals surface area (Å²) in [5, 5.41) is 3.03. The van der Waals surface area contributed by atoms with Gasteiger partial charge in [-0.15, -0.1) is 0 Å². The van der Waals surface area contributed by atoms with Crippen LogP contribution in [-0.2, 0) is 16.0 Å². The molecule has 0 bridgehead atoms. The number of likely N-dealkylation sites (tertiary alicyclic amines) is 1. The predicted molar refractivity (Wildman–Crippen MR) is 91.1 cm³/mol. The first-order valence-electron chi connectivity index (χ1n) is 8.87. The van der Waals surface area contributed by atoms with E-state index in [9.17, 15) is 9.59 Å². The molecule has 1 heterocycles. The third kappa shape index (κ3) is 3.57. The molecule has 0 aromatic heterocycles. The van der Waals surface area contributed by atoms with Crippen LogP contribution in [0.4, 0.5) is 5.69 Å². The van der Waals surface area contributed by atoms with Gasteiger partial charge < -0.3 is 10.2 Å². The van der Waals surface area contributed by atoms with Crippen LogP contribution in [0, 0.1) is 5.92 Å². The van der Waals surface area contributed by atoms with Crippen molar-refractivity contribution in [3.8, 4) is 0 Å². The fourth-order valence-electron chi connectivity index (χ4n) is 3.84. The molecule has 1 aromatic carbocycles. The zero-order valence-electron chi connectivity index (χ0n) is 13.9. The molecule has 23 heavy (non-hydrogen) atoms. The Bertz CT molecular complexity index is 578. The fraction of sp³-hybridized carbons (Fsp3) is 0.579. The Kier molecular flexibility index (Phi) is 4.99. The normalized spacial score (nSPS) is 22.4. The highest BCUT2D eigenvalue weighted by Crippen LogP contribution is 2.29. The van der Waals surface area contributed by atoms with E-state index in [2.05, 4.69) is 12.2 Å². The Labute approximate surface area is 138 Å². The zero-order chi connectivity index (χ0) is 16.2. The van der Waals surface area contributed by atoms with Crippen molar-refractivity contribution >= 4 is 17.5 Å². The third-order valence-corrected chi connectivity index (χ3v) is 5.20. The van der Waals surface area contributed by atoms with Gasteiger partial charge in [0, 0.05) is 24.7 Å². The van der Waals surface area contributed by atoms with E-state index in [0.29, 0.717) is 19.0 Å². The molecule has 124 valence electrons. The molecule has 1 unspecified atom stereocenters. The molecule has 1 saturated carbocycles. The molecular weight excluding hydrogens is 288 g/mol. The molecule has 0 spiro atoms. The number of carbonyl (C=O) groups is 2. The Hall–Kier alpha value is -1.84. The van der Waals surface area contributed by atoms with Gasteiger partial charge in [0.1, 0.15) is 0 Å². The van der Waals surface area contributed by atoms with Gasteiger partial charge in [0.15, 0.2) is 0 Å². The minimum atomic E-state index is -0.214. The molecule has 2 amide bonds. The van der Waals surface area contributed by atoms with E-state index in [1.54, 1.807) is 0 Å². The van der Waals surface area contributed by atoms with Crippen molar-refractivity contribution < 1.29 is 9.59 Å². The lowest BCUT2D eigenvalue weighted by atomic mass is 9.94. The third-order valence-electron chi connectivity index (χ3n) is 5.20. The second kappa shape index (κ2) is 7.16. The van der Waals surface area contributed by atoms with Crippen LogP contribution >= 0.6 is 0 Å². The molecule has 3 rings (SSSR count). The predicted octanol–water partition coefficient (Wildman–Crippen LogP) is 3.37. The molecule has 1 saturated heterocycles. The maximum Gasteiger partial charge on any atom is 0.229 e. The smallest absolute Gasteiger partial charge is 0.229 e. The first-order chi connectivity index (χ1) is 11.2. The van der Waals surface area contributed by atoms with Gasteiger partial charge in [-0.1, -0.05) is 44.4 Å². The van der Waals surface area contributed by atoms with Crippen molar-refractivity contribution in [2.24, 2.45) is 5.92 Å². The van der Waals surface area contributed by atoms with E-state index >= 15 is 0 Å². The molecule has 4 heteroatoms. The van der Waals surface area contributed by atoms with E-state index < -0.39 is 0 Å². The number of rotatable bonds is 4. The fourth-order valence-corrected chi connectivity index (χ4v) is 3.84. The van der Waals surface area contributed by atoms with Gasteiger partial charge in [-0.25, -0.2) is 0 Å². The Morgan fingerprint density at radius 3 is 2.70 bits per heavy atom. The number of amides is 2. The molecule has 1 aliphatic carbocycles. The van der Waals surface area contributed by atoms with E-state index in [1.807, 2.05) is 29.2 Å². The number of para-hydroxylation sites is 1. The molecule has 1 aliphatic heterocycles. The van der Waals surface area contributed by atoms with Crippen molar-refractivity contribution in [3.05, 3.63) is 29.8 Å². The SMILES string of the molecule is CCc1ccccc1NC(=O)C1CC(=O)N(C2CCCCC2)C1. The summed E-state index contributed by atoms with van der Waals surface area (Å²) in [6.07, 6.45) is 7.11. The molecule has 2 fully saturated rings. The van der Waals surface area contributed by atoms with Crippen LogP contribution in [0.1, 0.15) is 51.0 Å². The highest BCUT2D eigenvalue weighted by molar-refractivity contribution is 5.97. The summed E-state index contributed by atoms with van der Waals surface area (Å²) < 4.78 is 0. The van der Waals surface area contributed by atoms with Gasteiger partial charge in [-0.3, -0.25) is 9.59 Å². The summed E-state index contributed by atoms with van der Waals surface area (Å²) in [7, 11) is 0. The molecule has 0 radical (unpaired) electrons. The second-order valence-electron chi connectivity index (χ2n) is 6.74. The molecule has 1 atom stereocenters. The minimum Gasteiger partial charge on any atom is -0.339 e. The molecule has 1 N–H and O–H groups in total. The lowest BCUT2D eigenvalue weighted by Crippen LogP contribution is -2.38. The summed E-state index contributed by atoms with van der Waals surface area (Å²) in [5.41, 5.74) is 2.01. The highest BCUT2D eigenvalue weighted by Gasteiger charge is 2.38. The summed E-state index contributed by atoms with van der Waals surface area (Å²) in [5.74, 6) is -0.0762. The van der Waals surface area contributed by atoms with Crippen LogP contribution in [0.25, 0.3) is 0 Å². The number of nitrogens with one attached hydrogen (secondary N) is 1. The van der Waals surface area contributed by atoms with E-state index in [-0.39, 0.29) is 17.7 Å². The molecule has 1 aromatic rings. The number of nitrogens with zero attached hydrogens (tertiary/aromatic N) is 1. The second-order valence-corrected chi connectivity index (χ2v) is 6.74. The number of aryl methyl sites for hydroxylation is 1. The van der Waals surface area contributed by atoms with E-state index in [1.165, 1.54) is 19.3 Å². The molecule has 2 aliphatic rings. The van der Waals surface area contributed by atoms with Gasteiger partial charge in [-0.05, 0) is 30.9 Å². The van der Waals surface area contributed by atoms with Crippen molar-refractivity contribution in [3.63, 3.8) is 0 Å². The number of hydrogen-bond acceptors (Lipinski definition) is 2. The maximum absolute atomic E-state index is 12.6. The Morgan fingerprint density at radius 2 is 1.96 bits per heavy atom. The van der Waals surface area contributed by atoms with Crippen LogP contribution < -0.4 is 5.32 Å². The maximum atomic E-state index is 12.6. The lowest BCUT2D eigenvalue weighted by molar-refractivity contribution is -0.130. The van der Waals surface area contributed by atoms with Crippen LogP contribution in [0.2, 0.25) is 0 Å². The summed E-state index contributed by atoms with van der Waals surface area (Å²) >= 11 is 0. The number of benzene rings is 1. The van der Waals surface area contributed by atoms with Crippen LogP contribution in [0.15, 0.2) is 24.3 Å². The largest absolute Gasteiger partial charge is 0.339 e. The average Bonchev–Trinajstić information content (AvgIpc) is 2.98. The van der Waals surface area contributed by atoms with Gasteiger partial charge >= 0.3 is 0 Å². The lowest BCUT2D eigenvalue weighted by Gasteiger charge is -2.31. The topological polar surface area (TPSA) is 49.4 Å². The van der Waals surface area contributed by atoms with Gasteiger partial charge in [0.05, 0.1) is 5.92 Å². The number of hydrogen-bond donors (Lipinski definition) is 1. The summed E-state index contributed by atoms with van der Waals surface area (Å²) in [6.45, 7) is 2.67. The summed E-state index contributed by atoms with van der Waals surface area (Å²) in [4.78, 5) is 26.8. The zero-order valence-corrected chi connectivity index (χ0v) is 13.9. The monoisotopic (exact) mass is 314 g/mol. The van der Waals surface area contributed by atoms with Gasteiger partial charge in [-0.2, -0.15) is 0 Å². The van der Waals surface area contributed by atoms with Crippen molar-refractivity contribution in [2.45, 2.75) is 57.9 Å². The van der Waals surface area contributed by atoms with E-state index in [0.717, 1.165) is 30.5 Å². The van der Waals surface area contributed by atoms with Crippen LogP contribution in [0.3, 0.4) is 0 Å². The molecular formula is C19H26N2O2. The van der Waals surface area contributed by atoms with Gasteiger partial charge in [0.2, 0.25) is 11.8 Å². The standard InChI is InChI=1S/C19H26N2O2/c1-2-14-8-6-7-11-17(14)20-19(23)15-12-18(22)21(13-15)16-9-4-3-5-10-16/h6-8,11,15-16H,2-5,9-10,12-13H2,1H3,(H,20,23). The number of anilines is 1. The first kappa shape index (κ1) is 16.0. The van der Waals surface area contributed by atoms with Crippen molar-refractivity contribution in [1.82, 2.24) is 4.90 Å². The van der Waals surface area contributed by atoms with Crippen molar-refractivity contribution in [2.75, 3.05) is 11.9 Å². The average molecular weight is 314 g/mol. The quantitative estimate of drug-likeness (QED) is 0.926. The number of carbonyl (C=O) groups excluding carboxylic acids is 2. The first-order valence-corrected chi connectivity index (χ1v) is 8.87.